The van der Waals surface area contributed by atoms with Gasteiger partial charge in [-0.3, -0.25) is 0 Å². The number of hydrogen-bond donors (Lipinski definition) is 0. The molecule has 0 unspecified atom stereocenters. The molecule has 1 heterocycles. The van der Waals surface area contributed by atoms with Crippen LogP contribution in [0.2, 0.25) is 0 Å². The van der Waals surface area contributed by atoms with Crippen molar-refractivity contribution >= 4 is 21.6 Å². The highest BCUT2D eigenvalue weighted by Gasteiger charge is 2.32. The highest BCUT2D eigenvalue weighted by molar-refractivity contribution is 7.86. The fourth-order valence-electron chi connectivity index (χ4n) is 0.887. The molecular weight excluding hydrogens is 256 g/mol. The van der Waals surface area contributed by atoms with Gasteiger partial charge < -0.3 is 0 Å². The molecule has 0 aliphatic rings. The maximum absolute atomic E-state index is 12.1. The predicted octanol–water partition coefficient (Wildman–Crippen LogP) is 2.61. The Morgan fingerprint density at radius 2 is 1.87 bits per heavy atom. The van der Waals surface area contributed by atoms with Crippen molar-refractivity contribution in [1.82, 2.24) is 0 Å². The zero-order valence-corrected chi connectivity index (χ0v) is 8.85. The normalized spacial score (nSPS) is 13.1. The van der Waals surface area contributed by atoms with Gasteiger partial charge in [-0.25, -0.2) is 0 Å². The van der Waals surface area contributed by atoms with Gasteiger partial charge in [0.2, 0.25) is 0 Å². The first kappa shape index (κ1) is 12.4. The summed E-state index contributed by atoms with van der Waals surface area (Å²) >= 11 is 0.424. The molecule has 0 atom stereocenters. The smallest absolute Gasteiger partial charge is 0.195 e. The Balaban J connectivity index is 2.70. The molecule has 1 aromatic rings. The van der Waals surface area contributed by atoms with Crippen LogP contribution in [0.25, 0.3) is 0 Å². The van der Waals surface area contributed by atoms with Crippen molar-refractivity contribution < 1.29 is 25.5 Å². The Labute approximate surface area is 87.7 Å². The van der Waals surface area contributed by atoms with Gasteiger partial charge in [-0.2, -0.15) is 21.6 Å². The first-order chi connectivity index (χ1) is 6.68. The fourth-order valence-corrected chi connectivity index (χ4v) is 2.35. The molecule has 0 N–H and O–H groups in total. The van der Waals surface area contributed by atoms with Crippen molar-refractivity contribution in [2.45, 2.75) is 12.6 Å². The molecule has 8 heteroatoms. The van der Waals surface area contributed by atoms with E-state index in [1.165, 1.54) is 0 Å². The lowest BCUT2D eigenvalue weighted by atomic mass is 10.3. The van der Waals surface area contributed by atoms with E-state index in [0.29, 0.717) is 11.3 Å². The van der Waals surface area contributed by atoms with Crippen molar-refractivity contribution in [2.24, 2.45) is 0 Å². The van der Waals surface area contributed by atoms with Crippen molar-refractivity contribution in [3.8, 4) is 0 Å². The van der Waals surface area contributed by atoms with Gasteiger partial charge in [0.15, 0.2) is 0 Å². The summed E-state index contributed by atoms with van der Waals surface area (Å²) in [5.41, 5.74) is 0. The lowest BCUT2D eigenvalue weighted by Crippen LogP contribution is -2.01. The van der Waals surface area contributed by atoms with Crippen LogP contribution in [0.1, 0.15) is 9.75 Å². The maximum Gasteiger partial charge on any atom is 0.425 e. The van der Waals surface area contributed by atoms with Gasteiger partial charge in [0.1, 0.15) is 4.88 Å². The van der Waals surface area contributed by atoms with E-state index < -0.39 is 27.0 Å². The van der Waals surface area contributed by atoms with Crippen molar-refractivity contribution in [1.29, 1.82) is 0 Å². The number of halogens is 4. The molecule has 0 radical (unpaired) electrons. The van der Waals surface area contributed by atoms with Gasteiger partial charge in [0.25, 0.3) is 0 Å². The summed E-state index contributed by atoms with van der Waals surface area (Å²) in [6, 6.07) is 2.00. The summed E-state index contributed by atoms with van der Waals surface area (Å²) in [6.45, 7) is 0. The first-order valence-corrected chi connectivity index (χ1v) is 6.13. The second-order valence-electron chi connectivity index (χ2n) is 2.76. The number of hydrogen-bond acceptors (Lipinski definition) is 3. The molecule has 0 saturated heterocycles. The van der Waals surface area contributed by atoms with E-state index >= 15 is 0 Å². The summed E-state index contributed by atoms with van der Waals surface area (Å²) in [7, 11) is -4.62. The number of thiophene rings is 1. The molecule has 1 aromatic heterocycles. The molecule has 1 rings (SSSR count). The summed E-state index contributed by atoms with van der Waals surface area (Å²) in [4.78, 5) is -0.614. The van der Waals surface area contributed by atoms with Gasteiger partial charge >= 0.3 is 16.4 Å². The van der Waals surface area contributed by atoms with Crippen LogP contribution in [-0.4, -0.2) is 14.2 Å². The monoisotopic (exact) mass is 262 g/mol. The van der Waals surface area contributed by atoms with Crippen LogP contribution in [0.5, 0.6) is 0 Å². The lowest BCUT2D eigenvalue weighted by Gasteiger charge is -2.00. The largest absolute Gasteiger partial charge is 0.425 e. The van der Waals surface area contributed by atoms with Crippen LogP contribution in [-0.2, 0) is 22.8 Å². The van der Waals surface area contributed by atoms with Crippen LogP contribution in [0.15, 0.2) is 12.1 Å². The van der Waals surface area contributed by atoms with Gasteiger partial charge in [0, 0.05) is 4.88 Å². The second kappa shape index (κ2) is 4.09. The minimum absolute atomic E-state index is 0.198. The minimum Gasteiger partial charge on any atom is -0.195 e. The number of rotatable bonds is 3. The fraction of sp³-hybridized carbons (Fsp3) is 0.429. The van der Waals surface area contributed by atoms with Crippen molar-refractivity contribution in [3.63, 3.8) is 0 Å². The molecule has 0 fully saturated rings. The minimum atomic E-state index is -4.62. The average molecular weight is 262 g/mol. The molecule has 0 aliphatic heterocycles. The van der Waals surface area contributed by atoms with Crippen molar-refractivity contribution in [2.75, 3.05) is 5.75 Å². The van der Waals surface area contributed by atoms with Gasteiger partial charge in [0.05, 0.1) is 5.75 Å². The number of aryl methyl sites for hydroxylation is 1. The third kappa shape index (κ3) is 4.17. The molecule has 0 aliphatic carbocycles. The van der Waals surface area contributed by atoms with Gasteiger partial charge in [-0.05, 0) is 18.6 Å². The first-order valence-electron chi connectivity index (χ1n) is 3.77. The van der Waals surface area contributed by atoms with Crippen LogP contribution in [0, 0.1) is 0 Å². The molecule has 15 heavy (non-hydrogen) atoms. The highest BCUT2D eigenvalue weighted by atomic mass is 32.3. The van der Waals surface area contributed by atoms with Gasteiger partial charge in [-0.15, -0.1) is 15.2 Å². The summed E-state index contributed by atoms with van der Waals surface area (Å²) in [5.74, 6) is -0.787. The molecule has 0 aromatic carbocycles. The third-order valence-corrected chi connectivity index (χ3v) is 3.41. The second-order valence-corrected chi connectivity index (χ2v) is 5.41. The third-order valence-electron chi connectivity index (χ3n) is 1.53. The molecule has 0 bridgehead atoms. The van der Waals surface area contributed by atoms with Crippen LogP contribution in [0.4, 0.5) is 17.1 Å². The zero-order valence-electron chi connectivity index (χ0n) is 7.21. The topological polar surface area (TPSA) is 34.1 Å². The highest BCUT2D eigenvalue weighted by Crippen LogP contribution is 2.34. The van der Waals surface area contributed by atoms with Gasteiger partial charge in [-0.1, -0.05) is 0 Å². The molecular formula is C7H6F4O2S2. The van der Waals surface area contributed by atoms with E-state index in [1.807, 2.05) is 0 Å². The summed E-state index contributed by atoms with van der Waals surface area (Å²) in [6.07, 6.45) is -4.67. The molecule has 86 valence electrons. The molecule has 0 spiro atoms. The van der Waals surface area contributed by atoms with Crippen molar-refractivity contribution in [3.05, 3.63) is 21.9 Å². The lowest BCUT2D eigenvalue weighted by molar-refractivity contribution is -0.134. The average Bonchev–Trinajstić information content (AvgIpc) is 2.45. The maximum atomic E-state index is 12.1. The molecule has 2 nitrogen and oxygen atoms in total. The molecule has 0 amide bonds. The quantitative estimate of drug-likeness (QED) is 0.620. The summed E-state index contributed by atoms with van der Waals surface area (Å²) in [5, 5.41) is 0. The van der Waals surface area contributed by atoms with Crippen LogP contribution in [0.3, 0.4) is 0 Å². The van der Waals surface area contributed by atoms with Crippen LogP contribution >= 0.6 is 11.3 Å². The Kier molecular flexibility index (Phi) is 3.39. The van der Waals surface area contributed by atoms with E-state index in [4.69, 9.17) is 0 Å². The summed E-state index contributed by atoms with van der Waals surface area (Å²) < 4.78 is 68.6. The van der Waals surface area contributed by atoms with E-state index in [1.54, 1.807) is 0 Å². The van der Waals surface area contributed by atoms with E-state index in [-0.39, 0.29) is 11.3 Å². The van der Waals surface area contributed by atoms with Crippen LogP contribution < -0.4 is 0 Å². The zero-order chi connectivity index (χ0) is 11.7. The van der Waals surface area contributed by atoms with E-state index in [0.717, 1.165) is 12.1 Å². The Hall–Kier alpha value is -0.630. The molecule has 0 saturated carbocycles. The number of alkyl halides is 3. The SMILES string of the molecule is O=S(=O)(F)CCc1ccc(C(F)(F)F)s1. The Morgan fingerprint density at radius 3 is 2.27 bits per heavy atom. The Morgan fingerprint density at radius 1 is 1.27 bits per heavy atom. The van der Waals surface area contributed by atoms with E-state index in [9.17, 15) is 25.5 Å². The Bertz CT molecular complexity index is 432. The van der Waals surface area contributed by atoms with E-state index in [2.05, 4.69) is 0 Å². The predicted molar refractivity (Wildman–Crippen MR) is 47.9 cm³/mol. The standard InChI is InChI=1S/C7H6F4O2S2/c8-7(9,10)6-2-1-5(14-6)3-4-15(11,12)13/h1-2H,3-4H2.